The lowest BCUT2D eigenvalue weighted by Crippen LogP contribution is -2.39. The number of hydrogen-bond acceptors (Lipinski definition) is 9. The number of carbonyl (C=O) groups is 2. The predicted molar refractivity (Wildman–Crippen MR) is 159 cm³/mol. The van der Waals surface area contributed by atoms with Crippen LogP contribution in [-0.4, -0.2) is 36.3 Å². The molecule has 0 saturated heterocycles. The number of rotatable bonds is 10. The predicted octanol–water partition coefficient (Wildman–Crippen LogP) is 4.45. The molecule has 11 heteroatoms. The highest BCUT2D eigenvalue weighted by molar-refractivity contribution is 9.10. The van der Waals surface area contributed by atoms with Crippen LogP contribution in [0.15, 0.2) is 74.6 Å². The number of hydrogen-bond donors (Lipinski definition) is 0. The quantitative estimate of drug-likeness (QED) is 0.183. The highest BCUT2D eigenvalue weighted by Gasteiger charge is 2.33. The molecule has 2 heterocycles. The van der Waals surface area contributed by atoms with Crippen LogP contribution in [0.4, 0.5) is 0 Å². The Morgan fingerprint density at radius 1 is 1.15 bits per heavy atom. The van der Waals surface area contributed by atoms with Gasteiger partial charge >= 0.3 is 11.9 Å². The van der Waals surface area contributed by atoms with Crippen molar-refractivity contribution in [3.8, 4) is 17.2 Å². The molecular formula is C30H29BrN2O7S. The molecule has 0 radical (unpaired) electrons. The standard InChI is InChI=1S/C30H29BrN2O7S/c1-6-13-39-21-11-9-20(10-12-21)26-25(29(36)38-8-3)17(4)32-30-33(26)28(35)24(41-30)16-19-14-22(31)27(40-18(5)34)23(15-19)37-7-2/h6,9-12,14-16,26H,1,7-8,13H2,2-5H3/b24-16-. The zero-order chi connectivity index (χ0) is 29.7. The molecule has 1 aliphatic heterocycles. The van der Waals surface area contributed by atoms with Crippen molar-refractivity contribution in [2.45, 2.75) is 33.7 Å². The summed E-state index contributed by atoms with van der Waals surface area (Å²) in [6.07, 6.45) is 3.36. The van der Waals surface area contributed by atoms with Crippen molar-refractivity contribution >= 4 is 45.3 Å². The largest absolute Gasteiger partial charge is 0.490 e. The molecule has 1 aliphatic rings. The first-order valence-corrected chi connectivity index (χ1v) is 14.5. The second-order valence-corrected chi connectivity index (χ2v) is 10.7. The van der Waals surface area contributed by atoms with E-state index in [4.69, 9.17) is 18.9 Å². The van der Waals surface area contributed by atoms with Crippen molar-refractivity contribution in [2.24, 2.45) is 4.99 Å². The van der Waals surface area contributed by atoms with E-state index in [0.717, 1.165) is 0 Å². The molecule has 0 N–H and O–H groups in total. The highest BCUT2D eigenvalue weighted by Crippen LogP contribution is 2.37. The molecule has 214 valence electrons. The van der Waals surface area contributed by atoms with Gasteiger partial charge in [0.15, 0.2) is 16.3 Å². The maximum Gasteiger partial charge on any atom is 0.338 e. The second-order valence-electron chi connectivity index (χ2n) is 8.83. The van der Waals surface area contributed by atoms with Gasteiger partial charge in [0.2, 0.25) is 0 Å². The Balaban J connectivity index is 1.88. The van der Waals surface area contributed by atoms with E-state index in [0.29, 0.717) is 55.3 Å². The lowest BCUT2D eigenvalue weighted by molar-refractivity contribution is -0.139. The Labute approximate surface area is 249 Å². The summed E-state index contributed by atoms with van der Waals surface area (Å²) in [6.45, 7) is 11.1. The number of aromatic nitrogens is 1. The smallest absolute Gasteiger partial charge is 0.338 e. The van der Waals surface area contributed by atoms with E-state index < -0.39 is 18.0 Å². The Bertz CT molecular complexity index is 1700. The van der Waals surface area contributed by atoms with E-state index in [-0.39, 0.29) is 23.5 Å². The first-order valence-electron chi connectivity index (χ1n) is 12.9. The molecule has 4 rings (SSSR count). The Morgan fingerprint density at radius 2 is 1.88 bits per heavy atom. The molecule has 0 spiro atoms. The number of nitrogens with zero attached hydrogens (tertiary/aromatic N) is 2. The number of thiazole rings is 1. The molecule has 0 amide bonds. The van der Waals surface area contributed by atoms with Crippen LogP contribution in [0.2, 0.25) is 0 Å². The van der Waals surface area contributed by atoms with Crippen molar-refractivity contribution in [3.63, 3.8) is 0 Å². The van der Waals surface area contributed by atoms with E-state index >= 15 is 0 Å². The molecule has 1 aromatic heterocycles. The highest BCUT2D eigenvalue weighted by atomic mass is 79.9. The fourth-order valence-corrected chi connectivity index (χ4v) is 5.92. The minimum Gasteiger partial charge on any atom is -0.490 e. The molecule has 0 aliphatic carbocycles. The maximum absolute atomic E-state index is 13.9. The van der Waals surface area contributed by atoms with Gasteiger partial charge in [-0.2, -0.15) is 0 Å². The maximum atomic E-state index is 13.9. The van der Waals surface area contributed by atoms with Crippen molar-refractivity contribution in [3.05, 3.63) is 95.6 Å². The van der Waals surface area contributed by atoms with Crippen molar-refractivity contribution in [1.82, 2.24) is 4.57 Å². The lowest BCUT2D eigenvalue weighted by Gasteiger charge is -2.24. The number of halogens is 1. The number of carbonyl (C=O) groups excluding carboxylic acids is 2. The first kappa shape index (κ1) is 30.0. The van der Waals surface area contributed by atoms with E-state index in [1.54, 1.807) is 50.3 Å². The summed E-state index contributed by atoms with van der Waals surface area (Å²) in [4.78, 5) is 43.7. The van der Waals surface area contributed by atoms with Gasteiger partial charge in [0, 0.05) is 6.92 Å². The zero-order valence-electron chi connectivity index (χ0n) is 23.1. The third-order valence-electron chi connectivity index (χ3n) is 5.96. The number of ether oxygens (including phenoxy) is 4. The molecule has 3 aromatic rings. The van der Waals surface area contributed by atoms with E-state index in [1.807, 2.05) is 19.1 Å². The number of allylic oxidation sites excluding steroid dienone is 1. The molecule has 0 saturated carbocycles. The third kappa shape index (κ3) is 6.52. The minimum atomic E-state index is -0.752. The van der Waals surface area contributed by atoms with Crippen LogP contribution in [0.25, 0.3) is 6.08 Å². The normalized spacial score (nSPS) is 14.7. The van der Waals surface area contributed by atoms with Gasteiger partial charge in [-0.15, -0.1) is 0 Å². The SMILES string of the molecule is C=CCOc1ccc(C2C(C(=O)OCC)=C(C)N=c3s/c(=C\c4cc(Br)c(OC(C)=O)c(OCC)c4)c(=O)n32)cc1. The molecular weight excluding hydrogens is 612 g/mol. The van der Waals surface area contributed by atoms with Gasteiger partial charge in [-0.25, -0.2) is 9.79 Å². The molecule has 41 heavy (non-hydrogen) atoms. The molecule has 2 aromatic carbocycles. The van der Waals surface area contributed by atoms with E-state index in [2.05, 4.69) is 27.5 Å². The summed E-state index contributed by atoms with van der Waals surface area (Å²) in [5.41, 5.74) is 1.78. The molecule has 0 fully saturated rings. The monoisotopic (exact) mass is 640 g/mol. The van der Waals surface area contributed by atoms with Crippen molar-refractivity contribution in [1.29, 1.82) is 0 Å². The molecule has 9 nitrogen and oxygen atoms in total. The fraction of sp³-hybridized carbons (Fsp3) is 0.267. The number of benzene rings is 2. The molecule has 0 bridgehead atoms. The third-order valence-corrected chi connectivity index (χ3v) is 7.53. The Kier molecular flexibility index (Phi) is 9.61. The van der Waals surface area contributed by atoms with E-state index in [9.17, 15) is 14.4 Å². The van der Waals surface area contributed by atoms with Crippen LogP contribution in [-0.2, 0) is 14.3 Å². The van der Waals surface area contributed by atoms with Crippen molar-refractivity contribution < 1.29 is 28.5 Å². The molecule has 1 atom stereocenters. The van der Waals surface area contributed by atoms with Gasteiger partial charge < -0.3 is 18.9 Å². The van der Waals surface area contributed by atoms with Crippen LogP contribution in [0.3, 0.4) is 0 Å². The summed E-state index contributed by atoms with van der Waals surface area (Å²) in [6, 6.07) is 9.87. The van der Waals surface area contributed by atoms with Gasteiger partial charge in [-0.1, -0.05) is 36.1 Å². The van der Waals surface area contributed by atoms with Gasteiger partial charge in [-0.05, 0) is 78.2 Å². The topological polar surface area (TPSA) is 105 Å². The number of esters is 2. The van der Waals surface area contributed by atoms with Crippen LogP contribution < -0.4 is 29.1 Å². The average molecular weight is 642 g/mol. The van der Waals surface area contributed by atoms with Crippen LogP contribution in [0, 0.1) is 0 Å². The van der Waals surface area contributed by atoms with Crippen molar-refractivity contribution in [2.75, 3.05) is 19.8 Å². The van der Waals surface area contributed by atoms with Gasteiger partial charge in [0.25, 0.3) is 5.56 Å². The van der Waals surface area contributed by atoms with Crippen LogP contribution in [0.1, 0.15) is 44.9 Å². The summed E-state index contributed by atoms with van der Waals surface area (Å²) in [5, 5.41) is 0. The summed E-state index contributed by atoms with van der Waals surface area (Å²) in [5.74, 6) is 0.223. The lowest BCUT2D eigenvalue weighted by atomic mass is 9.96. The summed E-state index contributed by atoms with van der Waals surface area (Å²) >= 11 is 4.65. The summed E-state index contributed by atoms with van der Waals surface area (Å²) < 4.78 is 24.4. The van der Waals surface area contributed by atoms with Crippen LogP contribution in [0.5, 0.6) is 17.2 Å². The minimum absolute atomic E-state index is 0.182. The fourth-order valence-electron chi connectivity index (χ4n) is 4.34. The second kappa shape index (κ2) is 13.1. The number of fused-ring (bicyclic) bond motifs is 1. The molecule has 1 unspecified atom stereocenters. The first-order chi connectivity index (χ1) is 19.7. The Hall–Kier alpha value is -3.96. The van der Waals surface area contributed by atoms with Gasteiger partial charge in [0.1, 0.15) is 12.4 Å². The average Bonchev–Trinajstić information content (AvgIpc) is 3.23. The van der Waals surface area contributed by atoms with Gasteiger partial charge in [0.05, 0.1) is 39.5 Å². The summed E-state index contributed by atoms with van der Waals surface area (Å²) in [7, 11) is 0. The van der Waals surface area contributed by atoms with Crippen LogP contribution >= 0.6 is 27.3 Å². The Morgan fingerprint density at radius 3 is 2.51 bits per heavy atom. The van der Waals surface area contributed by atoms with E-state index in [1.165, 1.54) is 22.8 Å². The van der Waals surface area contributed by atoms with Gasteiger partial charge in [-0.3, -0.25) is 14.2 Å². The zero-order valence-corrected chi connectivity index (χ0v) is 25.5.